The van der Waals surface area contributed by atoms with Gasteiger partial charge in [-0.25, -0.2) is 0 Å². The van der Waals surface area contributed by atoms with E-state index < -0.39 is 6.10 Å². The molecule has 0 bridgehead atoms. The highest BCUT2D eigenvalue weighted by Crippen LogP contribution is 2.26. The molecule has 0 spiro atoms. The van der Waals surface area contributed by atoms with Crippen molar-refractivity contribution >= 4 is 11.6 Å². The average molecular weight is 399 g/mol. The first-order valence-electron chi connectivity index (χ1n) is 11.0. The van der Waals surface area contributed by atoms with Gasteiger partial charge in [-0.3, -0.25) is 14.6 Å². The number of aliphatic hydroxyl groups is 1. The summed E-state index contributed by atoms with van der Waals surface area (Å²) in [6.45, 7) is 12.7. The number of benzene rings is 1. The van der Waals surface area contributed by atoms with Gasteiger partial charge in [-0.1, -0.05) is 25.1 Å². The molecule has 4 rings (SSSR count). The number of aliphatic hydroxyl groups excluding tert-OH is 1. The van der Waals surface area contributed by atoms with Crippen molar-refractivity contribution in [2.24, 2.45) is 0 Å². The fraction of sp³-hybridized carbons (Fsp3) is 0.609. The van der Waals surface area contributed by atoms with Gasteiger partial charge in [-0.2, -0.15) is 0 Å². The highest BCUT2D eigenvalue weighted by atomic mass is 16.3. The number of rotatable bonds is 5. The third-order valence-corrected chi connectivity index (χ3v) is 6.73. The smallest absolute Gasteiger partial charge is 0.236 e. The van der Waals surface area contributed by atoms with Gasteiger partial charge in [0.05, 0.1) is 12.6 Å². The molecule has 6 heteroatoms. The lowest BCUT2D eigenvalue weighted by Gasteiger charge is -2.43. The van der Waals surface area contributed by atoms with Gasteiger partial charge in [-0.15, -0.1) is 0 Å². The second kappa shape index (κ2) is 8.86. The molecule has 158 valence electrons. The third-order valence-electron chi connectivity index (χ3n) is 6.73. The van der Waals surface area contributed by atoms with E-state index in [0.29, 0.717) is 13.1 Å². The summed E-state index contributed by atoms with van der Waals surface area (Å²) >= 11 is 0. The number of hydrogen-bond acceptors (Lipinski definition) is 5. The van der Waals surface area contributed by atoms with Crippen molar-refractivity contribution < 1.29 is 9.90 Å². The number of nitrogens with zero attached hydrogens (tertiary/aromatic N) is 4. The molecule has 2 heterocycles. The maximum Gasteiger partial charge on any atom is 0.236 e. The van der Waals surface area contributed by atoms with E-state index >= 15 is 0 Å². The zero-order valence-electron chi connectivity index (χ0n) is 17.6. The molecule has 1 unspecified atom stereocenters. The predicted octanol–water partition coefficient (Wildman–Crippen LogP) is 2.07. The monoisotopic (exact) mass is 398 g/mol. The molecule has 1 saturated carbocycles. The van der Waals surface area contributed by atoms with Crippen LogP contribution in [0, 0.1) is 0 Å². The van der Waals surface area contributed by atoms with Gasteiger partial charge in [0.1, 0.15) is 0 Å². The number of carbonyl (C=O) groups is 1. The van der Waals surface area contributed by atoms with Crippen molar-refractivity contribution in [1.82, 2.24) is 14.7 Å². The number of piperazine rings is 2. The van der Waals surface area contributed by atoms with Crippen LogP contribution in [0.5, 0.6) is 0 Å². The molecular weight excluding hydrogens is 364 g/mol. The molecule has 1 aliphatic carbocycles. The van der Waals surface area contributed by atoms with Crippen molar-refractivity contribution in [3.05, 3.63) is 42.1 Å². The van der Waals surface area contributed by atoms with E-state index in [1.54, 1.807) is 6.92 Å². The van der Waals surface area contributed by atoms with Gasteiger partial charge in [0.2, 0.25) is 5.91 Å². The van der Waals surface area contributed by atoms with Crippen LogP contribution in [0.4, 0.5) is 5.69 Å². The van der Waals surface area contributed by atoms with Crippen LogP contribution in [0.2, 0.25) is 0 Å². The minimum absolute atomic E-state index is 0.251. The Morgan fingerprint density at radius 3 is 2.34 bits per heavy atom. The Kier molecular flexibility index (Phi) is 6.23. The fourth-order valence-corrected chi connectivity index (χ4v) is 4.58. The van der Waals surface area contributed by atoms with E-state index in [9.17, 15) is 9.90 Å². The van der Waals surface area contributed by atoms with Crippen LogP contribution in [0.3, 0.4) is 0 Å². The Balaban J connectivity index is 1.25. The van der Waals surface area contributed by atoms with Gasteiger partial charge in [0.25, 0.3) is 0 Å². The van der Waals surface area contributed by atoms with Crippen LogP contribution >= 0.6 is 0 Å². The molecule has 2 saturated heterocycles. The maximum absolute atomic E-state index is 12.8. The van der Waals surface area contributed by atoms with Crippen LogP contribution in [-0.2, 0) is 4.79 Å². The molecule has 3 fully saturated rings. The fourth-order valence-electron chi connectivity index (χ4n) is 4.58. The lowest BCUT2D eigenvalue weighted by atomic mass is 9.91. The summed E-state index contributed by atoms with van der Waals surface area (Å²) in [6.07, 6.45) is 3.58. The molecule has 1 N–H and O–H groups in total. The van der Waals surface area contributed by atoms with Crippen LogP contribution < -0.4 is 4.90 Å². The summed E-state index contributed by atoms with van der Waals surface area (Å²) in [4.78, 5) is 21.8. The summed E-state index contributed by atoms with van der Waals surface area (Å²) in [7, 11) is 0. The van der Waals surface area contributed by atoms with E-state index in [0.717, 1.165) is 62.3 Å². The second-order valence-corrected chi connectivity index (χ2v) is 8.70. The zero-order valence-corrected chi connectivity index (χ0v) is 17.6. The lowest BCUT2D eigenvalue weighted by Crippen LogP contribution is -2.55. The Morgan fingerprint density at radius 2 is 1.79 bits per heavy atom. The summed E-state index contributed by atoms with van der Waals surface area (Å²) in [5.74, 6) is 0.251. The van der Waals surface area contributed by atoms with E-state index in [4.69, 9.17) is 0 Å². The molecule has 2 aliphatic heterocycles. The molecular formula is C23H34N4O2. The Labute approximate surface area is 174 Å². The minimum atomic E-state index is -0.453. The molecule has 0 aromatic heterocycles. The Bertz CT molecular complexity index is 721. The van der Waals surface area contributed by atoms with Gasteiger partial charge in [0, 0.05) is 63.2 Å². The number of carbonyl (C=O) groups excluding carboxylic acids is 1. The molecule has 3 aliphatic rings. The summed E-state index contributed by atoms with van der Waals surface area (Å²) in [5, 5.41) is 9.68. The normalized spacial score (nSPS) is 23.2. The molecule has 1 atom stereocenters. The molecule has 0 radical (unpaired) electrons. The van der Waals surface area contributed by atoms with Gasteiger partial charge in [0.15, 0.2) is 0 Å². The minimum Gasteiger partial charge on any atom is -0.389 e. The SMILES string of the molecule is C=C1CN(CC(=O)N2CCN(C3CCC3)CC2)CCN1c1ccc(C(C)O)cc1. The van der Waals surface area contributed by atoms with Crippen molar-refractivity contribution in [3.8, 4) is 0 Å². The molecule has 1 aromatic rings. The van der Waals surface area contributed by atoms with Crippen molar-refractivity contribution in [2.75, 3.05) is 57.3 Å². The van der Waals surface area contributed by atoms with Crippen LogP contribution in [0.1, 0.15) is 37.9 Å². The van der Waals surface area contributed by atoms with Crippen molar-refractivity contribution in [1.29, 1.82) is 0 Å². The van der Waals surface area contributed by atoms with Crippen LogP contribution in [0.15, 0.2) is 36.5 Å². The highest BCUT2D eigenvalue weighted by Gasteiger charge is 2.30. The molecule has 1 amide bonds. The van der Waals surface area contributed by atoms with Crippen molar-refractivity contribution in [2.45, 2.75) is 38.3 Å². The summed E-state index contributed by atoms with van der Waals surface area (Å²) in [5.41, 5.74) is 3.03. The van der Waals surface area contributed by atoms with E-state index in [2.05, 4.69) is 21.3 Å². The van der Waals surface area contributed by atoms with Gasteiger partial charge < -0.3 is 14.9 Å². The first kappa shape index (κ1) is 20.4. The van der Waals surface area contributed by atoms with E-state index in [-0.39, 0.29) is 5.91 Å². The Morgan fingerprint density at radius 1 is 1.10 bits per heavy atom. The molecule has 6 nitrogen and oxygen atoms in total. The third kappa shape index (κ3) is 4.65. The number of amides is 1. The largest absolute Gasteiger partial charge is 0.389 e. The quantitative estimate of drug-likeness (QED) is 0.823. The summed E-state index contributed by atoms with van der Waals surface area (Å²) in [6, 6.07) is 8.78. The van der Waals surface area contributed by atoms with E-state index in [1.165, 1.54) is 19.3 Å². The van der Waals surface area contributed by atoms with Crippen molar-refractivity contribution in [3.63, 3.8) is 0 Å². The highest BCUT2D eigenvalue weighted by molar-refractivity contribution is 5.78. The average Bonchev–Trinajstić information content (AvgIpc) is 2.67. The topological polar surface area (TPSA) is 50.3 Å². The first-order valence-corrected chi connectivity index (χ1v) is 11.0. The Hall–Kier alpha value is -1.89. The van der Waals surface area contributed by atoms with Gasteiger partial charge >= 0.3 is 0 Å². The lowest BCUT2D eigenvalue weighted by molar-refractivity contribution is -0.134. The first-order chi connectivity index (χ1) is 14.0. The maximum atomic E-state index is 12.8. The number of hydrogen-bond donors (Lipinski definition) is 1. The standard InChI is InChI=1S/C23H34N4O2/c1-18-16-24(10-15-27(18)22-8-6-20(7-9-22)19(2)28)17-23(29)26-13-11-25(12-14-26)21-4-3-5-21/h6-9,19,21,28H,1,3-5,10-17H2,2H3. The number of anilines is 1. The predicted molar refractivity (Wildman–Crippen MR) is 116 cm³/mol. The van der Waals surface area contributed by atoms with Crippen LogP contribution in [-0.4, -0.2) is 84.1 Å². The van der Waals surface area contributed by atoms with Crippen LogP contribution in [0.25, 0.3) is 0 Å². The second-order valence-electron chi connectivity index (χ2n) is 8.70. The molecule has 1 aromatic carbocycles. The van der Waals surface area contributed by atoms with Gasteiger partial charge in [-0.05, 0) is 37.5 Å². The molecule has 29 heavy (non-hydrogen) atoms. The summed E-state index contributed by atoms with van der Waals surface area (Å²) < 4.78 is 0. The van der Waals surface area contributed by atoms with E-state index in [1.807, 2.05) is 29.2 Å². The zero-order chi connectivity index (χ0) is 20.4.